The van der Waals surface area contributed by atoms with Gasteiger partial charge in [-0.25, -0.2) is 18.4 Å². The van der Waals surface area contributed by atoms with Crippen LogP contribution >= 0.6 is 0 Å². The van der Waals surface area contributed by atoms with Crippen LogP contribution in [0.25, 0.3) is 5.82 Å². The predicted octanol–water partition coefficient (Wildman–Crippen LogP) is 3.27. The summed E-state index contributed by atoms with van der Waals surface area (Å²) in [6.45, 7) is 3.79. The maximum Gasteiger partial charge on any atom is 0.248 e. The Morgan fingerprint density at radius 3 is 2.55 bits per heavy atom. The van der Waals surface area contributed by atoms with E-state index >= 15 is 0 Å². The third-order valence-corrected chi connectivity index (χ3v) is 3.85. The molecule has 1 saturated carbocycles. The molecule has 22 heavy (non-hydrogen) atoms. The molecule has 1 aliphatic carbocycles. The maximum atomic E-state index is 13.2. The van der Waals surface area contributed by atoms with E-state index in [1.165, 1.54) is 0 Å². The highest BCUT2D eigenvalue weighted by Gasteiger charge is 2.35. The number of halogens is 2. The summed E-state index contributed by atoms with van der Waals surface area (Å²) in [6.07, 6.45) is 2.53. The first-order chi connectivity index (χ1) is 10.4. The average Bonchev–Trinajstić information content (AvgIpc) is 2.87. The Kier molecular flexibility index (Phi) is 3.80. The molecule has 3 rings (SSSR count). The number of aromatic nitrogens is 4. The number of rotatable bonds is 3. The van der Waals surface area contributed by atoms with Gasteiger partial charge in [0.2, 0.25) is 11.9 Å². The summed E-state index contributed by atoms with van der Waals surface area (Å²) >= 11 is 0. The number of aryl methyl sites for hydroxylation is 2. The van der Waals surface area contributed by atoms with Crippen LogP contribution in [-0.2, 0) is 0 Å². The predicted molar refractivity (Wildman–Crippen MR) is 79.5 cm³/mol. The summed E-state index contributed by atoms with van der Waals surface area (Å²) < 4.78 is 28.1. The number of anilines is 1. The zero-order chi connectivity index (χ0) is 15.7. The van der Waals surface area contributed by atoms with E-state index in [9.17, 15) is 8.78 Å². The second-order valence-corrected chi connectivity index (χ2v) is 5.87. The van der Waals surface area contributed by atoms with Crippen LogP contribution in [0.3, 0.4) is 0 Å². The summed E-state index contributed by atoms with van der Waals surface area (Å²) in [4.78, 5) is 8.78. The van der Waals surface area contributed by atoms with Gasteiger partial charge in [-0.2, -0.15) is 10.1 Å². The SMILES string of the molecule is Cc1cc(-n2ccc(C)n2)nc(NC2CCC(F)(F)CC2)n1. The van der Waals surface area contributed by atoms with E-state index in [4.69, 9.17) is 0 Å². The monoisotopic (exact) mass is 307 g/mol. The van der Waals surface area contributed by atoms with Crippen molar-refractivity contribution in [2.24, 2.45) is 0 Å². The molecule has 1 fully saturated rings. The van der Waals surface area contributed by atoms with Crippen molar-refractivity contribution in [3.63, 3.8) is 0 Å². The van der Waals surface area contributed by atoms with Crippen LogP contribution in [0.5, 0.6) is 0 Å². The van der Waals surface area contributed by atoms with Crippen LogP contribution < -0.4 is 5.32 Å². The van der Waals surface area contributed by atoms with E-state index in [0.29, 0.717) is 24.6 Å². The molecule has 5 nitrogen and oxygen atoms in total. The van der Waals surface area contributed by atoms with E-state index in [1.807, 2.05) is 32.2 Å². The van der Waals surface area contributed by atoms with Crippen LogP contribution in [0.2, 0.25) is 0 Å². The lowest BCUT2D eigenvalue weighted by Crippen LogP contribution is -2.32. The minimum absolute atomic E-state index is 0.00590. The number of nitrogens with one attached hydrogen (secondary N) is 1. The van der Waals surface area contributed by atoms with Gasteiger partial charge in [0.15, 0.2) is 5.82 Å². The lowest BCUT2D eigenvalue weighted by Gasteiger charge is -2.28. The average molecular weight is 307 g/mol. The van der Waals surface area contributed by atoms with Crippen molar-refractivity contribution in [3.8, 4) is 5.82 Å². The largest absolute Gasteiger partial charge is 0.351 e. The number of alkyl halides is 2. The molecule has 0 radical (unpaired) electrons. The third kappa shape index (κ3) is 3.40. The number of hydrogen-bond donors (Lipinski definition) is 1. The molecule has 2 aromatic heterocycles. The molecule has 0 amide bonds. The van der Waals surface area contributed by atoms with Gasteiger partial charge < -0.3 is 5.32 Å². The van der Waals surface area contributed by atoms with Crippen LogP contribution in [0.15, 0.2) is 18.3 Å². The van der Waals surface area contributed by atoms with Gasteiger partial charge in [-0.1, -0.05) is 0 Å². The first-order valence-electron chi connectivity index (χ1n) is 7.44. The van der Waals surface area contributed by atoms with Crippen molar-refractivity contribution in [2.75, 3.05) is 5.32 Å². The Morgan fingerprint density at radius 2 is 1.91 bits per heavy atom. The minimum Gasteiger partial charge on any atom is -0.351 e. The molecule has 0 aromatic carbocycles. The van der Waals surface area contributed by atoms with Crippen LogP contribution in [0, 0.1) is 13.8 Å². The molecule has 1 N–H and O–H groups in total. The van der Waals surface area contributed by atoms with E-state index in [1.54, 1.807) is 4.68 Å². The van der Waals surface area contributed by atoms with Crippen molar-refractivity contribution in [3.05, 3.63) is 29.7 Å². The normalized spacial score (nSPS) is 18.4. The Morgan fingerprint density at radius 1 is 1.18 bits per heavy atom. The Bertz CT molecular complexity index is 658. The van der Waals surface area contributed by atoms with Gasteiger partial charge in [0.25, 0.3) is 0 Å². The Labute approximate surface area is 127 Å². The van der Waals surface area contributed by atoms with Gasteiger partial charge in [-0.3, -0.25) is 0 Å². The molecule has 118 valence electrons. The van der Waals surface area contributed by atoms with Crippen molar-refractivity contribution in [2.45, 2.75) is 51.5 Å². The molecule has 0 bridgehead atoms. The molecule has 2 aromatic rings. The van der Waals surface area contributed by atoms with E-state index in [0.717, 1.165) is 11.4 Å². The molecule has 2 heterocycles. The van der Waals surface area contributed by atoms with Crippen molar-refractivity contribution in [1.82, 2.24) is 19.7 Å². The molecular weight excluding hydrogens is 288 g/mol. The molecular formula is C15H19F2N5. The first kappa shape index (κ1) is 14.9. The fraction of sp³-hybridized carbons (Fsp3) is 0.533. The standard InChI is InChI=1S/C15H19F2N5/c1-10-5-8-22(21-10)13-9-11(2)18-14(20-13)19-12-3-6-15(16,17)7-4-12/h5,8-9,12H,3-4,6-7H2,1-2H3,(H,18,19,20). The van der Waals surface area contributed by atoms with Gasteiger partial charge in [0, 0.05) is 36.8 Å². The zero-order valence-electron chi connectivity index (χ0n) is 12.7. The van der Waals surface area contributed by atoms with Gasteiger partial charge in [0.05, 0.1) is 5.69 Å². The molecule has 0 saturated heterocycles. The minimum atomic E-state index is -2.52. The van der Waals surface area contributed by atoms with Crippen molar-refractivity contribution < 1.29 is 8.78 Å². The highest BCUT2D eigenvalue weighted by molar-refractivity contribution is 5.35. The summed E-state index contributed by atoms with van der Waals surface area (Å²) in [6, 6.07) is 3.73. The maximum absolute atomic E-state index is 13.2. The van der Waals surface area contributed by atoms with Crippen LogP contribution in [-0.4, -0.2) is 31.7 Å². The van der Waals surface area contributed by atoms with Crippen molar-refractivity contribution >= 4 is 5.95 Å². The molecule has 1 aliphatic rings. The topological polar surface area (TPSA) is 55.6 Å². The molecule has 0 atom stereocenters. The van der Waals surface area contributed by atoms with Crippen molar-refractivity contribution in [1.29, 1.82) is 0 Å². The second kappa shape index (κ2) is 5.62. The first-order valence-corrected chi connectivity index (χ1v) is 7.44. The van der Waals surface area contributed by atoms with Crippen LogP contribution in [0.1, 0.15) is 37.1 Å². The second-order valence-electron chi connectivity index (χ2n) is 5.87. The Balaban J connectivity index is 1.76. The smallest absolute Gasteiger partial charge is 0.248 e. The van der Waals surface area contributed by atoms with E-state index in [-0.39, 0.29) is 18.9 Å². The highest BCUT2D eigenvalue weighted by atomic mass is 19.3. The molecule has 0 spiro atoms. The van der Waals surface area contributed by atoms with Crippen LogP contribution in [0.4, 0.5) is 14.7 Å². The highest BCUT2D eigenvalue weighted by Crippen LogP contribution is 2.33. The van der Waals surface area contributed by atoms with Gasteiger partial charge in [-0.05, 0) is 32.8 Å². The van der Waals surface area contributed by atoms with Gasteiger partial charge >= 0.3 is 0 Å². The van der Waals surface area contributed by atoms with Gasteiger partial charge in [-0.15, -0.1) is 0 Å². The lowest BCUT2D eigenvalue weighted by molar-refractivity contribution is -0.0361. The van der Waals surface area contributed by atoms with E-state index < -0.39 is 5.92 Å². The Hall–Kier alpha value is -2.05. The van der Waals surface area contributed by atoms with Gasteiger partial charge in [0.1, 0.15) is 0 Å². The summed E-state index contributed by atoms with van der Waals surface area (Å²) in [5.74, 6) is -1.38. The van der Waals surface area contributed by atoms with E-state index in [2.05, 4.69) is 20.4 Å². The fourth-order valence-corrected chi connectivity index (χ4v) is 2.64. The lowest BCUT2D eigenvalue weighted by atomic mass is 9.92. The summed E-state index contributed by atoms with van der Waals surface area (Å²) in [7, 11) is 0. The summed E-state index contributed by atoms with van der Waals surface area (Å²) in [5, 5.41) is 7.51. The number of nitrogens with zero attached hydrogens (tertiary/aromatic N) is 4. The molecule has 0 unspecified atom stereocenters. The third-order valence-electron chi connectivity index (χ3n) is 3.85. The molecule has 0 aliphatic heterocycles. The quantitative estimate of drug-likeness (QED) is 0.945. The zero-order valence-corrected chi connectivity index (χ0v) is 12.7. The molecule has 7 heteroatoms. The summed E-state index contributed by atoms with van der Waals surface area (Å²) in [5.41, 5.74) is 1.71. The fourth-order valence-electron chi connectivity index (χ4n) is 2.64. The number of hydrogen-bond acceptors (Lipinski definition) is 4.